The van der Waals surface area contributed by atoms with Crippen molar-refractivity contribution in [3.63, 3.8) is 0 Å². The van der Waals surface area contributed by atoms with E-state index in [0.29, 0.717) is 24.7 Å². The highest BCUT2D eigenvalue weighted by Gasteiger charge is 2.13. The van der Waals surface area contributed by atoms with E-state index in [2.05, 4.69) is 33.1 Å². The second-order valence-electron chi connectivity index (χ2n) is 6.21. The highest BCUT2D eigenvalue weighted by atomic mass is 127. The molecule has 0 amide bonds. The number of hydrazone groups is 1. The molecule has 0 heterocycles. The first-order chi connectivity index (χ1) is 13.5. The van der Waals surface area contributed by atoms with Crippen LogP contribution >= 0.6 is 22.6 Å². The summed E-state index contributed by atoms with van der Waals surface area (Å²) >= 11 is 2.26. The monoisotopic (exact) mass is 498 g/mol. The van der Waals surface area contributed by atoms with E-state index < -0.39 is 0 Å². The molecule has 6 nitrogen and oxygen atoms in total. The van der Waals surface area contributed by atoms with Gasteiger partial charge in [-0.2, -0.15) is 5.10 Å². The lowest BCUT2D eigenvalue weighted by atomic mass is 10.2. The molecule has 1 N–H and O–H groups in total. The van der Waals surface area contributed by atoms with Crippen LogP contribution in [0.1, 0.15) is 31.9 Å². The van der Waals surface area contributed by atoms with Crippen molar-refractivity contribution in [2.75, 3.05) is 20.8 Å². The van der Waals surface area contributed by atoms with Crippen LogP contribution in [-0.4, -0.2) is 33.1 Å². The number of nitrogens with one attached hydrogen (secondary N) is 1. The van der Waals surface area contributed by atoms with Gasteiger partial charge in [-0.3, -0.25) is 0 Å². The standard InChI is InChI=1S/C21H27IN2O4/c1-6-27-20-11-16(9-17(22)21(20)28-14(2)3)13-24-23-12-15-7-8-18(25-4)19(10-15)26-5/h7-11,13-14,23H,6,12H2,1-5H3/b24-13-. The van der Waals surface area contributed by atoms with Crippen LogP contribution in [0.4, 0.5) is 0 Å². The number of halogens is 1. The maximum atomic E-state index is 5.89. The van der Waals surface area contributed by atoms with E-state index in [1.54, 1.807) is 20.4 Å². The lowest BCUT2D eigenvalue weighted by Gasteiger charge is -2.16. The summed E-state index contributed by atoms with van der Waals surface area (Å²) in [5, 5.41) is 4.32. The molecule has 0 aliphatic heterocycles. The molecule has 152 valence electrons. The zero-order valence-electron chi connectivity index (χ0n) is 16.9. The second-order valence-corrected chi connectivity index (χ2v) is 7.37. The van der Waals surface area contributed by atoms with Gasteiger partial charge in [0, 0.05) is 0 Å². The van der Waals surface area contributed by atoms with Crippen molar-refractivity contribution in [1.82, 2.24) is 5.43 Å². The van der Waals surface area contributed by atoms with E-state index in [1.165, 1.54) is 0 Å². The molecule has 0 fully saturated rings. The summed E-state index contributed by atoms with van der Waals surface area (Å²) in [4.78, 5) is 0. The minimum atomic E-state index is 0.0791. The van der Waals surface area contributed by atoms with E-state index in [9.17, 15) is 0 Å². The summed E-state index contributed by atoms with van der Waals surface area (Å²) in [7, 11) is 3.24. The first kappa shape index (κ1) is 22.1. The van der Waals surface area contributed by atoms with Gasteiger partial charge in [0.1, 0.15) is 0 Å². The normalized spacial score (nSPS) is 11.0. The minimum absolute atomic E-state index is 0.0791. The third-order valence-electron chi connectivity index (χ3n) is 3.72. The van der Waals surface area contributed by atoms with Crippen molar-refractivity contribution in [3.05, 3.63) is 45.0 Å². The van der Waals surface area contributed by atoms with Gasteiger partial charge in [-0.05, 0) is 78.8 Å². The molecule has 0 aliphatic rings. The lowest BCUT2D eigenvalue weighted by molar-refractivity contribution is 0.222. The molecule has 2 aromatic carbocycles. The molecule has 0 saturated heterocycles. The Morgan fingerprint density at radius 3 is 2.46 bits per heavy atom. The zero-order valence-corrected chi connectivity index (χ0v) is 19.1. The van der Waals surface area contributed by atoms with Crippen LogP contribution in [-0.2, 0) is 6.54 Å². The van der Waals surface area contributed by atoms with Gasteiger partial charge in [-0.25, -0.2) is 0 Å². The predicted molar refractivity (Wildman–Crippen MR) is 120 cm³/mol. The van der Waals surface area contributed by atoms with Crippen LogP contribution in [0.2, 0.25) is 0 Å². The molecule has 0 bridgehead atoms. The average Bonchev–Trinajstić information content (AvgIpc) is 2.67. The van der Waals surface area contributed by atoms with Gasteiger partial charge in [-0.15, -0.1) is 0 Å². The van der Waals surface area contributed by atoms with Gasteiger partial charge < -0.3 is 24.4 Å². The first-order valence-corrected chi connectivity index (χ1v) is 10.2. The predicted octanol–water partition coefficient (Wildman–Crippen LogP) is 4.62. The highest BCUT2D eigenvalue weighted by Crippen LogP contribution is 2.34. The van der Waals surface area contributed by atoms with E-state index in [-0.39, 0.29) is 6.10 Å². The van der Waals surface area contributed by atoms with Crippen LogP contribution in [0, 0.1) is 3.57 Å². The van der Waals surface area contributed by atoms with Gasteiger partial charge in [0.05, 0.1) is 43.3 Å². The molecule has 0 unspecified atom stereocenters. The second kappa shape index (κ2) is 11.0. The van der Waals surface area contributed by atoms with E-state index in [0.717, 1.165) is 26.2 Å². The van der Waals surface area contributed by atoms with Crippen molar-refractivity contribution in [3.8, 4) is 23.0 Å². The van der Waals surface area contributed by atoms with Crippen LogP contribution < -0.4 is 24.4 Å². The summed E-state index contributed by atoms with van der Waals surface area (Å²) in [6.07, 6.45) is 1.85. The number of benzene rings is 2. The molecule has 2 rings (SSSR count). The maximum absolute atomic E-state index is 5.89. The summed E-state index contributed by atoms with van der Waals surface area (Å²) in [6.45, 7) is 7.10. The Morgan fingerprint density at radius 1 is 1.07 bits per heavy atom. The van der Waals surface area contributed by atoms with Gasteiger partial charge in [-0.1, -0.05) is 6.07 Å². The molecule has 0 aliphatic carbocycles. The number of ether oxygens (including phenoxy) is 4. The average molecular weight is 498 g/mol. The van der Waals surface area contributed by atoms with Crippen molar-refractivity contribution in [1.29, 1.82) is 0 Å². The van der Waals surface area contributed by atoms with Crippen molar-refractivity contribution >= 4 is 28.8 Å². The SMILES string of the molecule is CCOc1cc(/C=N\NCc2ccc(OC)c(OC)c2)cc(I)c1OC(C)C. The van der Waals surface area contributed by atoms with E-state index >= 15 is 0 Å². The number of hydrogen-bond acceptors (Lipinski definition) is 6. The largest absolute Gasteiger partial charge is 0.493 e. The first-order valence-electron chi connectivity index (χ1n) is 9.08. The molecule has 7 heteroatoms. The Labute approximate surface area is 180 Å². The number of methoxy groups -OCH3 is 2. The quantitative estimate of drug-likeness (QED) is 0.295. The van der Waals surface area contributed by atoms with Crippen molar-refractivity contribution in [2.45, 2.75) is 33.4 Å². The molecular weight excluding hydrogens is 471 g/mol. The summed E-state index contributed by atoms with van der Waals surface area (Å²) in [6, 6.07) is 9.73. The van der Waals surface area contributed by atoms with Gasteiger partial charge in [0.15, 0.2) is 23.0 Å². The molecule has 0 spiro atoms. The van der Waals surface area contributed by atoms with Gasteiger partial charge in [0.2, 0.25) is 0 Å². The van der Waals surface area contributed by atoms with Crippen LogP contribution in [0.5, 0.6) is 23.0 Å². The Kier molecular flexibility index (Phi) is 8.69. The molecule has 2 aromatic rings. The maximum Gasteiger partial charge on any atom is 0.174 e. The fourth-order valence-corrected chi connectivity index (χ4v) is 3.28. The minimum Gasteiger partial charge on any atom is -0.493 e. The summed E-state index contributed by atoms with van der Waals surface area (Å²) in [5.74, 6) is 2.90. The number of hydrogen-bond donors (Lipinski definition) is 1. The Hall–Kier alpha value is -2.16. The number of nitrogens with zero attached hydrogens (tertiary/aromatic N) is 1. The molecule has 0 aromatic heterocycles. The highest BCUT2D eigenvalue weighted by molar-refractivity contribution is 14.1. The number of rotatable bonds is 10. The van der Waals surface area contributed by atoms with E-state index in [4.69, 9.17) is 18.9 Å². The summed E-state index contributed by atoms with van der Waals surface area (Å²) in [5.41, 5.74) is 5.03. The lowest BCUT2D eigenvalue weighted by Crippen LogP contribution is -2.09. The Bertz CT molecular complexity index is 809. The molecule has 0 atom stereocenters. The van der Waals surface area contributed by atoms with Gasteiger partial charge >= 0.3 is 0 Å². The smallest absolute Gasteiger partial charge is 0.174 e. The van der Waals surface area contributed by atoms with Crippen LogP contribution in [0.3, 0.4) is 0 Å². The van der Waals surface area contributed by atoms with Gasteiger partial charge in [0.25, 0.3) is 0 Å². The third kappa shape index (κ3) is 6.19. The Morgan fingerprint density at radius 2 is 1.82 bits per heavy atom. The molecule has 0 radical (unpaired) electrons. The third-order valence-corrected chi connectivity index (χ3v) is 4.52. The molecular formula is C21H27IN2O4. The Balaban J connectivity index is 2.07. The zero-order chi connectivity index (χ0) is 20.5. The molecule has 28 heavy (non-hydrogen) atoms. The topological polar surface area (TPSA) is 61.3 Å². The van der Waals surface area contributed by atoms with Crippen LogP contribution in [0.25, 0.3) is 0 Å². The fourth-order valence-electron chi connectivity index (χ4n) is 2.52. The van der Waals surface area contributed by atoms with Crippen molar-refractivity contribution in [2.24, 2.45) is 5.10 Å². The van der Waals surface area contributed by atoms with E-state index in [1.807, 2.05) is 51.1 Å². The fraction of sp³-hybridized carbons (Fsp3) is 0.381. The molecule has 0 saturated carbocycles. The van der Waals surface area contributed by atoms with Crippen LogP contribution in [0.15, 0.2) is 35.4 Å². The summed E-state index contributed by atoms with van der Waals surface area (Å²) < 4.78 is 23.2. The van der Waals surface area contributed by atoms with Crippen molar-refractivity contribution < 1.29 is 18.9 Å².